The van der Waals surface area contributed by atoms with Crippen molar-refractivity contribution in [1.82, 2.24) is 20.5 Å². The highest BCUT2D eigenvalue weighted by Gasteiger charge is 2.19. The molecule has 1 aromatic heterocycles. The minimum Gasteiger partial charge on any atom is -0.383 e. The largest absolute Gasteiger partial charge is 0.383 e. The van der Waals surface area contributed by atoms with Crippen LogP contribution < -0.4 is 10.6 Å². The van der Waals surface area contributed by atoms with Crippen LogP contribution in [-0.2, 0) is 6.54 Å². The number of piperidine rings is 1. The van der Waals surface area contributed by atoms with Crippen molar-refractivity contribution in [2.24, 2.45) is 0 Å². The van der Waals surface area contributed by atoms with E-state index in [1.807, 2.05) is 18.3 Å². The van der Waals surface area contributed by atoms with Crippen LogP contribution in [0.25, 0.3) is 0 Å². The third-order valence-electron chi connectivity index (χ3n) is 4.37. The van der Waals surface area contributed by atoms with Crippen molar-refractivity contribution in [3.05, 3.63) is 52.9 Å². The lowest BCUT2D eigenvalue weighted by Crippen LogP contribution is -2.47. The van der Waals surface area contributed by atoms with Gasteiger partial charge in [-0.15, -0.1) is 0 Å². The maximum absolute atomic E-state index is 4.60. The molecule has 0 bridgehead atoms. The van der Waals surface area contributed by atoms with Crippen molar-refractivity contribution < 1.29 is 0 Å². The molecule has 2 aliphatic rings. The van der Waals surface area contributed by atoms with Crippen LogP contribution in [0.4, 0.5) is 0 Å². The van der Waals surface area contributed by atoms with Gasteiger partial charge in [0, 0.05) is 25.7 Å². The zero-order chi connectivity index (χ0) is 15.9. The van der Waals surface area contributed by atoms with Gasteiger partial charge >= 0.3 is 0 Å². The Morgan fingerprint density at radius 2 is 2.17 bits per heavy atom. The van der Waals surface area contributed by atoms with Gasteiger partial charge in [0.2, 0.25) is 0 Å². The van der Waals surface area contributed by atoms with E-state index < -0.39 is 0 Å². The van der Waals surface area contributed by atoms with E-state index in [1.165, 1.54) is 19.3 Å². The van der Waals surface area contributed by atoms with Gasteiger partial charge in [-0.05, 0) is 59.7 Å². The lowest BCUT2D eigenvalue weighted by molar-refractivity contribution is 0.206. The number of aromatic nitrogens is 1. The SMILES string of the molecule is Brc1cccc(CN(CC2C=CC=CN2)CC2CCCCN2)n1. The summed E-state index contributed by atoms with van der Waals surface area (Å²) in [6.07, 6.45) is 12.3. The van der Waals surface area contributed by atoms with Gasteiger partial charge in [0.05, 0.1) is 11.7 Å². The van der Waals surface area contributed by atoms with Gasteiger partial charge in [-0.3, -0.25) is 4.90 Å². The molecule has 1 saturated heterocycles. The van der Waals surface area contributed by atoms with Crippen LogP contribution in [0.15, 0.2) is 47.2 Å². The van der Waals surface area contributed by atoms with Gasteiger partial charge in [0.25, 0.3) is 0 Å². The zero-order valence-electron chi connectivity index (χ0n) is 13.4. The lowest BCUT2D eigenvalue weighted by Gasteiger charge is -2.32. The molecule has 23 heavy (non-hydrogen) atoms. The number of halogens is 1. The molecule has 0 aliphatic carbocycles. The molecule has 0 saturated carbocycles. The minimum atomic E-state index is 0.371. The van der Waals surface area contributed by atoms with Crippen molar-refractivity contribution in [2.45, 2.75) is 37.9 Å². The number of allylic oxidation sites excluding steroid dienone is 2. The Balaban J connectivity index is 1.64. The van der Waals surface area contributed by atoms with Gasteiger partial charge in [0.15, 0.2) is 0 Å². The molecule has 2 atom stereocenters. The van der Waals surface area contributed by atoms with E-state index in [1.54, 1.807) is 0 Å². The first kappa shape index (κ1) is 16.7. The molecule has 0 amide bonds. The molecule has 0 aromatic carbocycles. The van der Waals surface area contributed by atoms with Crippen molar-refractivity contribution in [2.75, 3.05) is 19.6 Å². The highest BCUT2D eigenvalue weighted by atomic mass is 79.9. The maximum Gasteiger partial charge on any atom is 0.106 e. The summed E-state index contributed by atoms with van der Waals surface area (Å²) < 4.78 is 0.907. The first-order chi connectivity index (χ1) is 11.3. The summed E-state index contributed by atoms with van der Waals surface area (Å²) in [7, 11) is 0. The van der Waals surface area contributed by atoms with E-state index in [0.29, 0.717) is 12.1 Å². The molecule has 4 nitrogen and oxygen atoms in total. The molecule has 3 rings (SSSR count). The van der Waals surface area contributed by atoms with Gasteiger partial charge < -0.3 is 10.6 Å². The molecule has 3 heterocycles. The Kier molecular flexibility index (Phi) is 6.25. The van der Waals surface area contributed by atoms with Crippen molar-refractivity contribution in [3.63, 3.8) is 0 Å². The van der Waals surface area contributed by atoms with E-state index >= 15 is 0 Å². The first-order valence-electron chi connectivity index (χ1n) is 8.46. The van der Waals surface area contributed by atoms with E-state index in [2.05, 4.69) is 60.7 Å². The van der Waals surface area contributed by atoms with Crippen LogP contribution in [0.1, 0.15) is 25.0 Å². The standard InChI is InChI=1S/C18H25BrN4/c19-18-9-5-8-17(22-18)14-23(12-15-6-1-3-10-20-15)13-16-7-2-4-11-21-16/h1,3,5-6,8-10,15-16,20-21H,2,4,7,11-14H2. The average molecular weight is 377 g/mol. The molecule has 0 spiro atoms. The molecular weight excluding hydrogens is 352 g/mol. The second-order valence-electron chi connectivity index (χ2n) is 6.31. The smallest absolute Gasteiger partial charge is 0.106 e. The quantitative estimate of drug-likeness (QED) is 0.748. The predicted molar refractivity (Wildman–Crippen MR) is 98.1 cm³/mol. The predicted octanol–water partition coefficient (Wildman–Crippen LogP) is 2.83. The van der Waals surface area contributed by atoms with Crippen LogP contribution in [0.5, 0.6) is 0 Å². The van der Waals surface area contributed by atoms with Crippen LogP contribution in [-0.4, -0.2) is 41.6 Å². The van der Waals surface area contributed by atoms with Gasteiger partial charge in [-0.25, -0.2) is 4.98 Å². The summed E-state index contributed by atoms with van der Waals surface area (Å²) in [5.41, 5.74) is 1.12. The van der Waals surface area contributed by atoms with Crippen molar-refractivity contribution >= 4 is 15.9 Å². The van der Waals surface area contributed by atoms with Crippen LogP contribution in [0.2, 0.25) is 0 Å². The highest BCUT2D eigenvalue weighted by molar-refractivity contribution is 9.10. The number of hydrogen-bond acceptors (Lipinski definition) is 4. The Labute approximate surface area is 147 Å². The van der Waals surface area contributed by atoms with Crippen LogP contribution in [0, 0.1) is 0 Å². The van der Waals surface area contributed by atoms with Crippen LogP contribution >= 0.6 is 15.9 Å². The fourth-order valence-corrected chi connectivity index (χ4v) is 3.62. The van der Waals surface area contributed by atoms with E-state index in [0.717, 1.165) is 36.5 Å². The Morgan fingerprint density at radius 1 is 1.22 bits per heavy atom. The fourth-order valence-electron chi connectivity index (χ4n) is 3.24. The molecule has 1 aromatic rings. The summed E-state index contributed by atoms with van der Waals surface area (Å²) in [5.74, 6) is 0. The Morgan fingerprint density at radius 3 is 2.91 bits per heavy atom. The maximum atomic E-state index is 4.60. The summed E-state index contributed by atoms with van der Waals surface area (Å²) in [6, 6.07) is 7.11. The number of nitrogens with one attached hydrogen (secondary N) is 2. The Hall–Kier alpha value is -1.17. The number of dihydropyridines is 1. The van der Waals surface area contributed by atoms with E-state index in [9.17, 15) is 0 Å². The number of nitrogens with zero attached hydrogens (tertiary/aromatic N) is 2. The average Bonchev–Trinajstić information content (AvgIpc) is 2.57. The molecule has 5 heteroatoms. The fraction of sp³-hybridized carbons (Fsp3) is 0.500. The van der Waals surface area contributed by atoms with Gasteiger partial charge in [0.1, 0.15) is 4.60 Å². The molecule has 2 N–H and O–H groups in total. The van der Waals surface area contributed by atoms with Crippen LogP contribution in [0.3, 0.4) is 0 Å². The summed E-state index contributed by atoms with van der Waals surface area (Å²) >= 11 is 3.47. The van der Waals surface area contributed by atoms with Crippen molar-refractivity contribution in [3.8, 4) is 0 Å². The monoisotopic (exact) mass is 376 g/mol. The number of rotatable bonds is 6. The zero-order valence-corrected chi connectivity index (χ0v) is 15.0. The topological polar surface area (TPSA) is 40.2 Å². The normalized spacial score (nSPS) is 23.9. The summed E-state index contributed by atoms with van der Waals surface area (Å²) in [6.45, 7) is 4.10. The summed E-state index contributed by atoms with van der Waals surface area (Å²) in [4.78, 5) is 7.11. The molecule has 0 radical (unpaired) electrons. The lowest BCUT2D eigenvalue weighted by atomic mass is 10.0. The van der Waals surface area contributed by atoms with Crippen molar-refractivity contribution in [1.29, 1.82) is 0 Å². The third kappa shape index (κ3) is 5.44. The second kappa shape index (κ2) is 8.62. The molecular formula is C18H25BrN4. The molecule has 2 aliphatic heterocycles. The minimum absolute atomic E-state index is 0.371. The molecule has 124 valence electrons. The molecule has 2 unspecified atom stereocenters. The van der Waals surface area contributed by atoms with E-state index in [-0.39, 0.29) is 0 Å². The number of pyridine rings is 1. The summed E-state index contributed by atoms with van der Waals surface area (Å²) in [5, 5.41) is 7.09. The van der Waals surface area contributed by atoms with E-state index in [4.69, 9.17) is 0 Å². The highest BCUT2D eigenvalue weighted by Crippen LogP contribution is 2.13. The number of hydrogen-bond donors (Lipinski definition) is 2. The van der Waals surface area contributed by atoms with Gasteiger partial charge in [-0.2, -0.15) is 0 Å². The Bertz CT molecular complexity index is 552. The molecule has 1 fully saturated rings. The first-order valence-corrected chi connectivity index (χ1v) is 9.25. The third-order valence-corrected chi connectivity index (χ3v) is 4.81. The van der Waals surface area contributed by atoms with Gasteiger partial charge in [-0.1, -0.05) is 24.6 Å². The second-order valence-corrected chi connectivity index (χ2v) is 7.12.